The number of hydrazone groups is 1. The van der Waals surface area contributed by atoms with Gasteiger partial charge < -0.3 is 4.74 Å². The molecule has 6 heteroatoms. The van der Waals surface area contributed by atoms with E-state index in [1.165, 1.54) is 11.3 Å². The molecule has 0 radical (unpaired) electrons. The molecule has 1 unspecified atom stereocenters. The molecule has 110 valence electrons. The summed E-state index contributed by atoms with van der Waals surface area (Å²) < 4.78 is 5.04. The third-order valence-electron chi connectivity index (χ3n) is 2.74. The maximum Gasteiger partial charge on any atom is 0.314 e. The average Bonchev–Trinajstić information content (AvgIpc) is 2.89. The number of ether oxygens (including phenoxy) is 1. The van der Waals surface area contributed by atoms with E-state index in [-0.39, 0.29) is 17.8 Å². The van der Waals surface area contributed by atoms with Crippen molar-refractivity contribution in [2.75, 3.05) is 6.61 Å². The molecule has 1 aromatic rings. The summed E-state index contributed by atoms with van der Waals surface area (Å²) in [6.07, 6.45) is 0. The van der Waals surface area contributed by atoms with E-state index in [2.05, 4.69) is 10.5 Å². The van der Waals surface area contributed by atoms with Crippen molar-refractivity contribution < 1.29 is 14.3 Å². The van der Waals surface area contributed by atoms with E-state index in [9.17, 15) is 9.59 Å². The van der Waals surface area contributed by atoms with Crippen LogP contribution in [0.25, 0.3) is 0 Å². The van der Waals surface area contributed by atoms with Crippen molar-refractivity contribution in [3.05, 3.63) is 22.4 Å². The maximum absolute atomic E-state index is 11.9. The lowest BCUT2D eigenvalue weighted by molar-refractivity contribution is -0.146. The number of carbonyl (C=O) groups excluding carboxylic acids is 2. The first kappa shape index (κ1) is 16.4. The molecule has 1 amide bonds. The van der Waals surface area contributed by atoms with Gasteiger partial charge in [0.15, 0.2) is 0 Å². The molecule has 0 fully saturated rings. The van der Waals surface area contributed by atoms with Gasteiger partial charge in [0, 0.05) is 5.71 Å². The number of hydrogen-bond acceptors (Lipinski definition) is 5. The Morgan fingerprint density at radius 2 is 2.15 bits per heavy atom. The van der Waals surface area contributed by atoms with Crippen molar-refractivity contribution >= 4 is 28.9 Å². The highest BCUT2D eigenvalue weighted by Crippen LogP contribution is 2.15. The molecule has 0 aromatic carbocycles. The zero-order valence-corrected chi connectivity index (χ0v) is 13.0. The van der Waals surface area contributed by atoms with Gasteiger partial charge in [-0.1, -0.05) is 19.9 Å². The van der Waals surface area contributed by atoms with Crippen LogP contribution in [0.3, 0.4) is 0 Å². The van der Waals surface area contributed by atoms with E-state index in [1.807, 2.05) is 19.2 Å². The van der Waals surface area contributed by atoms with Gasteiger partial charge in [0.25, 0.3) is 5.91 Å². The maximum atomic E-state index is 11.9. The summed E-state index contributed by atoms with van der Waals surface area (Å²) in [5.41, 5.74) is 3.01. The average molecular weight is 296 g/mol. The molecule has 0 saturated carbocycles. The van der Waals surface area contributed by atoms with E-state index in [1.54, 1.807) is 26.0 Å². The van der Waals surface area contributed by atoms with Gasteiger partial charge in [0.05, 0.1) is 17.4 Å². The van der Waals surface area contributed by atoms with E-state index < -0.39 is 5.92 Å². The summed E-state index contributed by atoms with van der Waals surface area (Å²) in [6, 6.07) is 3.52. The van der Waals surface area contributed by atoms with Gasteiger partial charge in [-0.3, -0.25) is 9.59 Å². The summed E-state index contributed by atoms with van der Waals surface area (Å²) in [5.74, 6) is -0.977. The van der Waals surface area contributed by atoms with E-state index in [0.29, 0.717) is 17.2 Å². The Hall–Kier alpha value is -1.69. The molecule has 0 aliphatic heterocycles. The second-order valence-corrected chi connectivity index (χ2v) is 5.59. The van der Waals surface area contributed by atoms with Gasteiger partial charge in [-0.15, -0.1) is 11.3 Å². The van der Waals surface area contributed by atoms with Crippen LogP contribution in [-0.2, 0) is 9.53 Å². The molecular weight excluding hydrogens is 276 g/mol. The number of carbonyl (C=O) groups is 2. The summed E-state index contributed by atoms with van der Waals surface area (Å²) in [7, 11) is 0. The van der Waals surface area contributed by atoms with Gasteiger partial charge in [0.2, 0.25) is 0 Å². The highest BCUT2D eigenvalue weighted by molar-refractivity contribution is 7.12. The fourth-order valence-electron chi connectivity index (χ4n) is 1.83. The number of hydrogen-bond donors (Lipinski definition) is 1. The van der Waals surface area contributed by atoms with Crippen molar-refractivity contribution in [3.63, 3.8) is 0 Å². The van der Waals surface area contributed by atoms with Crippen LogP contribution >= 0.6 is 11.3 Å². The second-order valence-electron chi connectivity index (χ2n) is 4.65. The zero-order valence-electron chi connectivity index (χ0n) is 12.2. The number of nitrogens with zero attached hydrogens (tertiary/aromatic N) is 1. The largest absolute Gasteiger partial charge is 0.465 e. The molecule has 0 aliphatic carbocycles. The molecule has 1 rings (SSSR count). The third kappa shape index (κ3) is 4.45. The first-order chi connectivity index (χ1) is 9.47. The molecule has 0 aliphatic rings. The number of nitrogens with one attached hydrogen (secondary N) is 1. The highest BCUT2D eigenvalue weighted by atomic mass is 32.1. The van der Waals surface area contributed by atoms with Crippen LogP contribution in [0.2, 0.25) is 0 Å². The Morgan fingerprint density at radius 1 is 1.45 bits per heavy atom. The van der Waals surface area contributed by atoms with Gasteiger partial charge >= 0.3 is 5.97 Å². The molecule has 20 heavy (non-hydrogen) atoms. The smallest absolute Gasteiger partial charge is 0.314 e. The topological polar surface area (TPSA) is 67.8 Å². The second kappa shape index (κ2) is 7.79. The van der Waals surface area contributed by atoms with Gasteiger partial charge in [-0.05, 0) is 31.2 Å². The van der Waals surface area contributed by atoms with Crippen LogP contribution in [-0.4, -0.2) is 24.2 Å². The monoisotopic (exact) mass is 296 g/mol. The fourth-order valence-corrected chi connectivity index (χ4v) is 2.44. The Morgan fingerprint density at radius 3 is 2.65 bits per heavy atom. The summed E-state index contributed by atoms with van der Waals surface area (Å²) in [5, 5.41) is 5.85. The van der Waals surface area contributed by atoms with Crippen molar-refractivity contribution in [1.82, 2.24) is 5.43 Å². The first-order valence-corrected chi connectivity index (χ1v) is 7.40. The standard InChI is InChI=1S/C14H20N2O3S/c1-5-19-14(18)12(9(2)3)10(4)15-16-13(17)11-7-6-8-20-11/h6-9,12H,5H2,1-4H3,(H,16,17)/b15-10-. The molecule has 1 heterocycles. The lowest BCUT2D eigenvalue weighted by Crippen LogP contribution is -2.31. The van der Waals surface area contributed by atoms with Crippen molar-refractivity contribution in [2.45, 2.75) is 27.7 Å². The van der Waals surface area contributed by atoms with E-state index in [4.69, 9.17) is 4.74 Å². The summed E-state index contributed by atoms with van der Waals surface area (Å²) in [4.78, 5) is 24.2. The predicted octanol–water partition coefficient (Wildman–Crippen LogP) is 2.69. The minimum absolute atomic E-state index is 0.0523. The molecule has 1 N–H and O–H groups in total. The number of amides is 1. The Kier molecular flexibility index (Phi) is 6.38. The van der Waals surface area contributed by atoms with Gasteiger partial charge in [-0.25, -0.2) is 5.43 Å². The summed E-state index contributed by atoms with van der Waals surface area (Å²) >= 11 is 1.34. The molecule has 1 aromatic heterocycles. The highest BCUT2D eigenvalue weighted by Gasteiger charge is 2.26. The molecule has 5 nitrogen and oxygen atoms in total. The number of rotatable bonds is 6. The van der Waals surface area contributed by atoms with E-state index in [0.717, 1.165) is 0 Å². The Bertz CT molecular complexity index is 481. The van der Waals surface area contributed by atoms with Crippen LogP contribution < -0.4 is 5.43 Å². The normalized spacial score (nSPS) is 13.2. The van der Waals surface area contributed by atoms with Crippen LogP contribution in [0, 0.1) is 11.8 Å². The van der Waals surface area contributed by atoms with Crippen LogP contribution in [0.15, 0.2) is 22.6 Å². The molecule has 0 saturated heterocycles. The first-order valence-electron chi connectivity index (χ1n) is 6.52. The van der Waals surface area contributed by atoms with Crippen molar-refractivity contribution in [1.29, 1.82) is 0 Å². The minimum atomic E-state index is -0.446. The number of thiophene rings is 1. The third-order valence-corrected chi connectivity index (χ3v) is 3.60. The molecule has 0 spiro atoms. The van der Waals surface area contributed by atoms with Crippen LogP contribution in [0.5, 0.6) is 0 Å². The summed E-state index contributed by atoms with van der Waals surface area (Å²) in [6.45, 7) is 7.65. The Balaban J connectivity index is 2.74. The van der Waals surface area contributed by atoms with Gasteiger partial charge in [-0.2, -0.15) is 5.10 Å². The fraction of sp³-hybridized carbons (Fsp3) is 0.500. The van der Waals surface area contributed by atoms with Crippen LogP contribution in [0.1, 0.15) is 37.4 Å². The van der Waals surface area contributed by atoms with Gasteiger partial charge in [0.1, 0.15) is 0 Å². The van der Waals surface area contributed by atoms with Crippen LogP contribution in [0.4, 0.5) is 0 Å². The lowest BCUT2D eigenvalue weighted by Gasteiger charge is -2.18. The predicted molar refractivity (Wildman–Crippen MR) is 79.9 cm³/mol. The zero-order chi connectivity index (χ0) is 15.1. The molecule has 0 bridgehead atoms. The lowest BCUT2D eigenvalue weighted by atomic mass is 9.92. The number of esters is 1. The Labute approximate surface area is 123 Å². The molecule has 1 atom stereocenters. The van der Waals surface area contributed by atoms with Crippen molar-refractivity contribution in [3.8, 4) is 0 Å². The quantitative estimate of drug-likeness (QED) is 0.498. The molecular formula is C14H20N2O3S. The minimum Gasteiger partial charge on any atom is -0.465 e. The van der Waals surface area contributed by atoms with E-state index >= 15 is 0 Å². The SMILES string of the molecule is CCOC(=O)C(/C(C)=N\NC(=O)c1cccs1)C(C)C. The van der Waals surface area contributed by atoms with Crippen molar-refractivity contribution in [2.24, 2.45) is 16.9 Å².